The Bertz CT molecular complexity index is 628. The van der Waals surface area contributed by atoms with Gasteiger partial charge in [0.25, 0.3) is 0 Å². The van der Waals surface area contributed by atoms with E-state index in [1.807, 2.05) is 73.7 Å². The second-order valence-electron chi connectivity index (χ2n) is 4.44. The van der Waals surface area contributed by atoms with E-state index in [4.69, 9.17) is 0 Å². The van der Waals surface area contributed by atoms with Crippen LogP contribution in [0.25, 0.3) is 0 Å². The fourth-order valence-electron chi connectivity index (χ4n) is 1.76. The zero-order valence-electron chi connectivity index (χ0n) is 11.9. The third-order valence-electron chi connectivity index (χ3n) is 2.77. The van der Waals surface area contributed by atoms with Crippen molar-refractivity contribution in [3.63, 3.8) is 0 Å². The van der Waals surface area contributed by atoms with Crippen LogP contribution in [0.3, 0.4) is 0 Å². The summed E-state index contributed by atoms with van der Waals surface area (Å²) in [6, 6.07) is 17.5. The van der Waals surface area contributed by atoms with Crippen molar-refractivity contribution < 1.29 is 4.79 Å². The number of para-hydroxylation sites is 1. The number of nitrogens with one attached hydrogen (secondary N) is 2. The van der Waals surface area contributed by atoms with E-state index >= 15 is 0 Å². The van der Waals surface area contributed by atoms with Crippen molar-refractivity contribution in [1.82, 2.24) is 0 Å². The highest BCUT2D eigenvalue weighted by atomic mass is 16.1. The lowest BCUT2D eigenvalue weighted by molar-refractivity contribution is -0.111. The summed E-state index contributed by atoms with van der Waals surface area (Å²) < 4.78 is 0. The quantitative estimate of drug-likeness (QED) is 0.624. The molecule has 0 aromatic heterocycles. The zero-order chi connectivity index (χ0) is 14.9. The van der Waals surface area contributed by atoms with Gasteiger partial charge in [-0.05, 0) is 43.3 Å². The van der Waals surface area contributed by atoms with Crippen molar-refractivity contribution >= 4 is 23.0 Å². The predicted octanol–water partition coefficient (Wildman–Crippen LogP) is 4.50. The molecule has 0 saturated carbocycles. The van der Waals surface area contributed by atoms with Gasteiger partial charge in [0.2, 0.25) is 5.91 Å². The van der Waals surface area contributed by atoms with Crippen LogP contribution in [-0.2, 0) is 4.79 Å². The van der Waals surface area contributed by atoms with E-state index in [1.165, 1.54) is 6.08 Å². The molecule has 0 bridgehead atoms. The molecule has 0 radical (unpaired) electrons. The number of anilines is 3. The third kappa shape index (κ3) is 4.99. The first kappa shape index (κ1) is 14.6. The monoisotopic (exact) mass is 278 g/mol. The number of rotatable bonds is 5. The largest absolute Gasteiger partial charge is 0.356 e. The van der Waals surface area contributed by atoms with Gasteiger partial charge in [0.1, 0.15) is 0 Å². The third-order valence-corrected chi connectivity index (χ3v) is 2.77. The number of carbonyl (C=O) groups is 1. The van der Waals surface area contributed by atoms with E-state index in [1.54, 1.807) is 6.08 Å². The molecule has 0 saturated heterocycles. The fourth-order valence-corrected chi connectivity index (χ4v) is 1.76. The van der Waals surface area contributed by atoms with E-state index in [0.29, 0.717) is 0 Å². The molecular formula is C18H18N2O. The highest BCUT2D eigenvalue weighted by Crippen LogP contribution is 2.18. The molecule has 106 valence electrons. The molecule has 21 heavy (non-hydrogen) atoms. The predicted molar refractivity (Wildman–Crippen MR) is 88.8 cm³/mol. The van der Waals surface area contributed by atoms with Gasteiger partial charge in [0.15, 0.2) is 0 Å². The standard InChI is InChI=1S/C18H18N2O/c1-2-3-5-10-18(21)20-17-13-11-16(12-14-17)19-15-8-6-4-7-9-15/h2-14,19H,1H3,(H,20,21). The minimum atomic E-state index is -0.142. The Kier molecular flexibility index (Phi) is 5.35. The molecule has 0 aliphatic rings. The number of carbonyl (C=O) groups excluding carboxylic acids is 1. The lowest BCUT2D eigenvalue weighted by Crippen LogP contribution is -2.07. The maximum atomic E-state index is 11.6. The highest BCUT2D eigenvalue weighted by Gasteiger charge is 1.98. The van der Waals surface area contributed by atoms with E-state index in [0.717, 1.165) is 17.1 Å². The summed E-state index contributed by atoms with van der Waals surface area (Å²) in [5, 5.41) is 6.09. The Morgan fingerprint density at radius 2 is 1.48 bits per heavy atom. The van der Waals surface area contributed by atoms with Crippen LogP contribution in [0.5, 0.6) is 0 Å². The van der Waals surface area contributed by atoms with Crippen molar-refractivity contribution in [3.05, 3.63) is 78.9 Å². The van der Waals surface area contributed by atoms with Crippen LogP contribution in [-0.4, -0.2) is 5.91 Å². The van der Waals surface area contributed by atoms with E-state index in [-0.39, 0.29) is 5.91 Å². The fraction of sp³-hybridized carbons (Fsp3) is 0.0556. The smallest absolute Gasteiger partial charge is 0.248 e. The number of hydrogen-bond donors (Lipinski definition) is 2. The Hall–Kier alpha value is -2.81. The summed E-state index contributed by atoms with van der Waals surface area (Å²) in [7, 11) is 0. The second kappa shape index (κ2) is 7.70. The molecule has 0 unspecified atom stereocenters. The van der Waals surface area contributed by atoms with Gasteiger partial charge in [-0.15, -0.1) is 0 Å². The maximum Gasteiger partial charge on any atom is 0.248 e. The first-order valence-corrected chi connectivity index (χ1v) is 6.80. The van der Waals surface area contributed by atoms with E-state index < -0.39 is 0 Å². The van der Waals surface area contributed by atoms with Crippen LogP contribution in [0.4, 0.5) is 17.1 Å². The molecular weight excluding hydrogens is 260 g/mol. The Labute approximate surface area is 125 Å². The van der Waals surface area contributed by atoms with Gasteiger partial charge in [-0.2, -0.15) is 0 Å². The van der Waals surface area contributed by atoms with Crippen molar-refractivity contribution in [2.45, 2.75) is 6.92 Å². The average Bonchev–Trinajstić information content (AvgIpc) is 2.51. The molecule has 0 fully saturated rings. The summed E-state index contributed by atoms with van der Waals surface area (Å²) in [5.41, 5.74) is 2.77. The normalized spacial score (nSPS) is 10.9. The molecule has 2 rings (SSSR count). The van der Waals surface area contributed by atoms with E-state index in [9.17, 15) is 4.79 Å². The van der Waals surface area contributed by atoms with Crippen molar-refractivity contribution in [1.29, 1.82) is 0 Å². The first-order valence-electron chi connectivity index (χ1n) is 6.80. The van der Waals surface area contributed by atoms with Crippen LogP contribution in [0.1, 0.15) is 6.92 Å². The van der Waals surface area contributed by atoms with Crippen LogP contribution >= 0.6 is 0 Å². The van der Waals surface area contributed by atoms with Crippen LogP contribution in [0.15, 0.2) is 78.9 Å². The molecule has 0 aliphatic carbocycles. The van der Waals surface area contributed by atoms with Crippen molar-refractivity contribution in [2.24, 2.45) is 0 Å². The van der Waals surface area contributed by atoms with Crippen LogP contribution in [0.2, 0.25) is 0 Å². The van der Waals surface area contributed by atoms with Gasteiger partial charge in [-0.1, -0.05) is 36.4 Å². The lowest BCUT2D eigenvalue weighted by atomic mass is 10.2. The minimum absolute atomic E-state index is 0.142. The summed E-state index contributed by atoms with van der Waals surface area (Å²) >= 11 is 0. The number of amides is 1. The second-order valence-corrected chi connectivity index (χ2v) is 4.44. The van der Waals surface area contributed by atoms with Crippen LogP contribution in [0, 0.1) is 0 Å². The minimum Gasteiger partial charge on any atom is -0.356 e. The van der Waals surface area contributed by atoms with Gasteiger partial charge < -0.3 is 10.6 Å². The van der Waals surface area contributed by atoms with Gasteiger partial charge in [0, 0.05) is 23.1 Å². The Morgan fingerprint density at radius 1 is 0.857 bits per heavy atom. The van der Waals surface area contributed by atoms with Gasteiger partial charge in [-0.3, -0.25) is 4.79 Å². The van der Waals surface area contributed by atoms with Crippen molar-refractivity contribution in [2.75, 3.05) is 10.6 Å². The number of benzene rings is 2. The molecule has 1 amide bonds. The molecule has 3 heteroatoms. The first-order chi connectivity index (χ1) is 10.3. The SMILES string of the molecule is CC=CC=CC(=O)Nc1ccc(Nc2ccccc2)cc1. The summed E-state index contributed by atoms with van der Waals surface area (Å²) in [4.78, 5) is 11.6. The molecule has 0 spiro atoms. The molecule has 0 aliphatic heterocycles. The molecule has 3 nitrogen and oxygen atoms in total. The summed E-state index contributed by atoms with van der Waals surface area (Å²) in [5.74, 6) is -0.142. The van der Waals surface area contributed by atoms with E-state index in [2.05, 4.69) is 10.6 Å². The average molecular weight is 278 g/mol. The zero-order valence-corrected chi connectivity index (χ0v) is 11.9. The summed E-state index contributed by atoms with van der Waals surface area (Å²) in [6.45, 7) is 1.90. The molecule has 0 heterocycles. The summed E-state index contributed by atoms with van der Waals surface area (Å²) in [6.07, 6.45) is 6.89. The topological polar surface area (TPSA) is 41.1 Å². The highest BCUT2D eigenvalue weighted by molar-refractivity contribution is 5.99. The molecule has 2 aromatic carbocycles. The van der Waals surface area contributed by atoms with Gasteiger partial charge in [0.05, 0.1) is 0 Å². The van der Waals surface area contributed by atoms with Gasteiger partial charge >= 0.3 is 0 Å². The maximum absolute atomic E-state index is 11.6. The Morgan fingerprint density at radius 3 is 2.14 bits per heavy atom. The molecule has 0 atom stereocenters. The van der Waals surface area contributed by atoms with Gasteiger partial charge in [-0.25, -0.2) is 0 Å². The lowest BCUT2D eigenvalue weighted by Gasteiger charge is -2.07. The number of allylic oxidation sites excluding steroid dienone is 3. The number of hydrogen-bond acceptors (Lipinski definition) is 2. The molecule has 2 aromatic rings. The molecule has 2 N–H and O–H groups in total. The van der Waals surface area contributed by atoms with Crippen LogP contribution < -0.4 is 10.6 Å². The van der Waals surface area contributed by atoms with Crippen molar-refractivity contribution in [3.8, 4) is 0 Å². The Balaban J connectivity index is 1.94.